The summed E-state index contributed by atoms with van der Waals surface area (Å²) in [6.45, 7) is 4.62. The van der Waals surface area contributed by atoms with E-state index in [-0.39, 0.29) is 5.41 Å². The van der Waals surface area contributed by atoms with Crippen molar-refractivity contribution in [2.24, 2.45) is 5.41 Å². The number of hydrogen-bond acceptors (Lipinski definition) is 3. The summed E-state index contributed by atoms with van der Waals surface area (Å²) in [5, 5.41) is 16.2. The molecule has 1 aliphatic carbocycles. The normalized spacial score (nSPS) is 25.7. The minimum atomic E-state index is -0.930. The van der Waals surface area contributed by atoms with E-state index in [2.05, 4.69) is 30.0 Å². The molecule has 1 aliphatic rings. The Morgan fingerprint density at radius 1 is 1.32 bits per heavy atom. The topological polar surface area (TPSA) is 50.9 Å². The Bertz CT molecular complexity index is 676. The fourth-order valence-corrected chi connectivity index (χ4v) is 3.24. The van der Waals surface area contributed by atoms with E-state index in [0.29, 0.717) is 11.6 Å². The molecule has 4 nitrogen and oxygen atoms in total. The lowest BCUT2D eigenvalue weighted by molar-refractivity contribution is -0.0298. The standard InChI is InChI=1S/C17H20ClN3O/c1-16(2)8-7-14(9-13-3-5-15(18)6-4-13)17(16,22)10-21-12-19-11-20-21/h3-6,9,11-12,22H,7-8,10H2,1-2H3/t17-/m1/s1. The molecule has 0 aliphatic heterocycles. The zero-order chi connectivity index (χ0) is 15.8. The van der Waals surface area contributed by atoms with Gasteiger partial charge in [0.1, 0.15) is 18.3 Å². The lowest BCUT2D eigenvalue weighted by Crippen LogP contribution is -2.45. The van der Waals surface area contributed by atoms with Gasteiger partial charge in [0.25, 0.3) is 0 Å². The van der Waals surface area contributed by atoms with Crippen LogP contribution < -0.4 is 0 Å². The molecule has 5 heteroatoms. The van der Waals surface area contributed by atoms with Crippen LogP contribution in [0.3, 0.4) is 0 Å². The van der Waals surface area contributed by atoms with Gasteiger partial charge in [-0.3, -0.25) is 0 Å². The second-order valence-corrected chi connectivity index (χ2v) is 6.99. The SMILES string of the molecule is CC1(C)CCC(=Cc2ccc(Cl)cc2)[C@]1(O)Cn1cncn1. The van der Waals surface area contributed by atoms with Gasteiger partial charge in [-0.25, -0.2) is 9.67 Å². The monoisotopic (exact) mass is 317 g/mol. The third-order valence-corrected chi connectivity index (χ3v) is 4.99. The molecule has 116 valence electrons. The predicted molar refractivity (Wildman–Crippen MR) is 87.4 cm³/mol. The van der Waals surface area contributed by atoms with Gasteiger partial charge in [-0.15, -0.1) is 0 Å². The van der Waals surface area contributed by atoms with Gasteiger partial charge in [-0.2, -0.15) is 5.10 Å². The first-order valence-corrected chi connectivity index (χ1v) is 7.80. The predicted octanol–water partition coefficient (Wildman–Crippen LogP) is 3.57. The Labute approximate surface area is 135 Å². The molecule has 1 saturated carbocycles. The van der Waals surface area contributed by atoms with Gasteiger partial charge in [0.05, 0.1) is 6.54 Å². The van der Waals surface area contributed by atoms with Gasteiger partial charge < -0.3 is 5.11 Å². The first kappa shape index (κ1) is 15.3. The third-order valence-electron chi connectivity index (χ3n) is 4.74. The lowest BCUT2D eigenvalue weighted by atomic mass is 9.76. The highest BCUT2D eigenvalue weighted by Crippen LogP contribution is 2.50. The Morgan fingerprint density at radius 3 is 2.68 bits per heavy atom. The van der Waals surface area contributed by atoms with E-state index in [1.54, 1.807) is 11.0 Å². The number of benzene rings is 1. The largest absolute Gasteiger partial charge is 0.383 e. The average Bonchev–Trinajstić information content (AvgIpc) is 3.04. The summed E-state index contributed by atoms with van der Waals surface area (Å²) >= 11 is 5.94. The quantitative estimate of drug-likeness (QED) is 0.941. The number of aliphatic hydroxyl groups is 1. The molecule has 22 heavy (non-hydrogen) atoms. The van der Waals surface area contributed by atoms with Crippen LogP contribution in [0.15, 0.2) is 42.5 Å². The van der Waals surface area contributed by atoms with Crippen molar-refractivity contribution < 1.29 is 5.11 Å². The van der Waals surface area contributed by atoms with Crippen LogP contribution in [0, 0.1) is 5.41 Å². The highest BCUT2D eigenvalue weighted by molar-refractivity contribution is 6.30. The summed E-state index contributed by atoms with van der Waals surface area (Å²) in [7, 11) is 0. The first-order chi connectivity index (χ1) is 10.4. The van der Waals surface area contributed by atoms with Crippen LogP contribution in [0.1, 0.15) is 32.3 Å². The Balaban J connectivity index is 1.97. The number of halogens is 1. The molecule has 1 fully saturated rings. The average molecular weight is 318 g/mol. The maximum absolute atomic E-state index is 11.4. The van der Waals surface area contributed by atoms with Gasteiger partial charge in [-0.05, 0) is 41.5 Å². The fraction of sp³-hybridized carbons (Fsp3) is 0.412. The van der Waals surface area contributed by atoms with Crippen molar-refractivity contribution >= 4 is 17.7 Å². The number of rotatable bonds is 3. The summed E-state index contributed by atoms with van der Waals surface area (Å²) < 4.78 is 1.70. The van der Waals surface area contributed by atoms with Crippen molar-refractivity contribution in [3.8, 4) is 0 Å². The fourth-order valence-electron chi connectivity index (χ4n) is 3.11. The van der Waals surface area contributed by atoms with Crippen LogP contribution in [-0.4, -0.2) is 25.5 Å². The van der Waals surface area contributed by atoms with Gasteiger partial charge in [-0.1, -0.05) is 43.7 Å². The molecule has 1 aromatic carbocycles. The number of nitrogens with zero attached hydrogens (tertiary/aromatic N) is 3. The molecule has 1 N–H and O–H groups in total. The van der Waals surface area contributed by atoms with E-state index in [0.717, 1.165) is 24.0 Å². The van der Waals surface area contributed by atoms with Gasteiger partial charge in [0.2, 0.25) is 0 Å². The highest BCUT2D eigenvalue weighted by atomic mass is 35.5. The molecular weight excluding hydrogens is 298 g/mol. The van der Waals surface area contributed by atoms with Gasteiger partial charge in [0, 0.05) is 5.02 Å². The van der Waals surface area contributed by atoms with Crippen molar-refractivity contribution in [1.29, 1.82) is 0 Å². The zero-order valence-electron chi connectivity index (χ0n) is 12.8. The Kier molecular flexibility index (Phi) is 3.83. The lowest BCUT2D eigenvalue weighted by Gasteiger charge is -2.37. The summed E-state index contributed by atoms with van der Waals surface area (Å²) in [5.74, 6) is 0. The Morgan fingerprint density at radius 2 is 2.05 bits per heavy atom. The molecule has 1 aromatic heterocycles. The first-order valence-electron chi connectivity index (χ1n) is 7.42. The summed E-state index contributed by atoms with van der Waals surface area (Å²) in [4.78, 5) is 3.97. The molecule has 0 spiro atoms. The second kappa shape index (κ2) is 5.52. The van der Waals surface area contributed by atoms with E-state index in [9.17, 15) is 5.11 Å². The molecule has 0 bridgehead atoms. The summed E-state index contributed by atoms with van der Waals surface area (Å²) in [5.41, 5.74) is 0.946. The number of aromatic nitrogens is 3. The molecule has 2 aromatic rings. The van der Waals surface area contributed by atoms with Crippen LogP contribution in [-0.2, 0) is 6.54 Å². The van der Waals surface area contributed by atoms with Crippen molar-refractivity contribution in [2.45, 2.75) is 38.8 Å². The van der Waals surface area contributed by atoms with Crippen LogP contribution >= 0.6 is 11.6 Å². The van der Waals surface area contributed by atoms with E-state index >= 15 is 0 Å². The van der Waals surface area contributed by atoms with E-state index < -0.39 is 5.60 Å². The van der Waals surface area contributed by atoms with Crippen molar-refractivity contribution in [3.63, 3.8) is 0 Å². The molecule has 3 rings (SSSR count). The Hall–Kier alpha value is -1.65. The van der Waals surface area contributed by atoms with Gasteiger partial charge in [0.15, 0.2) is 0 Å². The molecule has 1 heterocycles. The van der Waals surface area contributed by atoms with E-state index in [1.807, 2.05) is 24.3 Å². The smallest absolute Gasteiger partial charge is 0.137 e. The third kappa shape index (κ3) is 2.69. The van der Waals surface area contributed by atoms with Crippen LogP contribution in [0.4, 0.5) is 0 Å². The molecule has 0 unspecified atom stereocenters. The van der Waals surface area contributed by atoms with E-state index in [1.165, 1.54) is 6.33 Å². The molecule has 0 radical (unpaired) electrons. The second-order valence-electron chi connectivity index (χ2n) is 6.56. The van der Waals surface area contributed by atoms with Gasteiger partial charge >= 0.3 is 0 Å². The molecular formula is C17H20ClN3O. The van der Waals surface area contributed by atoms with Crippen LogP contribution in [0.25, 0.3) is 6.08 Å². The van der Waals surface area contributed by atoms with Crippen LogP contribution in [0.2, 0.25) is 5.02 Å². The summed E-state index contributed by atoms with van der Waals surface area (Å²) in [6, 6.07) is 7.67. The van der Waals surface area contributed by atoms with E-state index in [4.69, 9.17) is 11.6 Å². The molecule has 1 atom stereocenters. The van der Waals surface area contributed by atoms with Crippen molar-refractivity contribution in [1.82, 2.24) is 14.8 Å². The molecule has 0 amide bonds. The minimum absolute atomic E-state index is 0.211. The zero-order valence-corrected chi connectivity index (χ0v) is 13.6. The summed E-state index contributed by atoms with van der Waals surface area (Å²) in [6.07, 6.45) is 7.03. The highest BCUT2D eigenvalue weighted by Gasteiger charge is 2.51. The number of hydrogen-bond donors (Lipinski definition) is 1. The maximum atomic E-state index is 11.4. The minimum Gasteiger partial charge on any atom is -0.383 e. The van der Waals surface area contributed by atoms with Crippen LogP contribution in [0.5, 0.6) is 0 Å². The maximum Gasteiger partial charge on any atom is 0.137 e. The molecule has 0 saturated heterocycles. The van der Waals surface area contributed by atoms with Crippen molar-refractivity contribution in [2.75, 3.05) is 0 Å². The van der Waals surface area contributed by atoms with Crippen molar-refractivity contribution in [3.05, 3.63) is 53.1 Å².